The van der Waals surface area contributed by atoms with E-state index in [0.717, 1.165) is 38.5 Å². The number of nitrogens with zero attached hydrogens (tertiary/aromatic N) is 3. The molecule has 5 aromatic rings. The summed E-state index contributed by atoms with van der Waals surface area (Å²) in [5.74, 6) is -0.470. The van der Waals surface area contributed by atoms with Gasteiger partial charge in [0.05, 0.1) is 64.4 Å². The highest BCUT2D eigenvalue weighted by molar-refractivity contribution is 6.91. The molecule has 11 nitrogen and oxygen atoms in total. The van der Waals surface area contributed by atoms with Gasteiger partial charge in [-0.15, -0.1) is 0 Å². The summed E-state index contributed by atoms with van der Waals surface area (Å²) in [4.78, 5) is 62.0. The number of esters is 1. The van der Waals surface area contributed by atoms with Crippen molar-refractivity contribution in [3.05, 3.63) is 125 Å². The predicted octanol–water partition coefficient (Wildman–Crippen LogP) is 7.38. The maximum absolute atomic E-state index is 15.6. The molecule has 0 bridgehead atoms. The number of benzene rings is 5. The van der Waals surface area contributed by atoms with Crippen LogP contribution in [0.1, 0.15) is 59.7 Å². The highest BCUT2D eigenvalue weighted by Gasteiger charge is 2.66. The first-order chi connectivity index (χ1) is 29.9. The van der Waals surface area contributed by atoms with Gasteiger partial charge >= 0.3 is 5.97 Å². The lowest BCUT2D eigenvalue weighted by Crippen LogP contribution is -2.52. The molecule has 3 amide bonds. The second-order valence-electron chi connectivity index (χ2n) is 17.7. The number of methoxy groups -OCH3 is 2. The van der Waals surface area contributed by atoms with E-state index in [1.807, 2.05) is 84.9 Å². The number of aliphatic hydroxyl groups excluding tert-OH is 1. The van der Waals surface area contributed by atoms with Gasteiger partial charge in [-0.3, -0.25) is 24.1 Å². The van der Waals surface area contributed by atoms with E-state index in [9.17, 15) is 19.5 Å². The standard InChI is InChI=1S/C50H53N3O8Si/c1-31-47(62(4,5)38-22-20-37(59-2)21-23-38)43(28-44(55)52-29-34-13-7-6-12-33(34)26-36(52)30-54)61-50(31)40-27-35(19-24-41(40)51(49(50)58)25-9-8-18-45(56)60-3)53-42-17-11-15-32-14-10-16-39(46(32)42)48(53)57/h6-7,10-17,19-24,27,31,36,43,47,54H,8-9,18,25-26,28-30H2,1-5H3/t31-,36-,43+,47-,50+/m0/s1. The molecule has 0 aromatic heterocycles. The van der Waals surface area contributed by atoms with Crippen LogP contribution in [0.2, 0.25) is 18.6 Å². The molecular formula is C50H53N3O8Si. The zero-order chi connectivity index (χ0) is 43.5. The van der Waals surface area contributed by atoms with E-state index >= 15 is 4.79 Å². The maximum Gasteiger partial charge on any atom is 0.305 e. The van der Waals surface area contributed by atoms with Gasteiger partial charge in [0.25, 0.3) is 11.8 Å². The van der Waals surface area contributed by atoms with Crippen LogP contribution in [-0.2, 0) is 42.4 Å². The van der Waals surface area contributed by atoms with Gasteiger partial charge in [0, 0.05) is 42.1 Å². The first-order valence-electron chi connectivity index (χ1n) is 21.6. The number of anilines is 3. The molecule has 62 heavy (non-hydrogen) atoms. The lowest BCUT2D eigenvalue weighted by atomic mass is 9.82. The smallest absolute Gasteiger partial charge is 0.305 e. The van der Waals surface area contributed by atoms with Crippen LogP contribution in [0.4, 0.5) is 17.1 Å². The first-order valence-corrected chi connectivity index (χ1v) is 24.7. The van der Waals surface area contributed by atoms with Gasteiger partial charge in [-0.2, -0.15) is 0 Å². The Balaban J connectivity index is 1.15. The van der Waals surface area contributed by atoms with Crippen molar-refractivity contribution in [1.29, 1.82) is 0 Å². The second kappa shape index (κ2) is 16.1. The number of fused-ring (bicyclic) bond motifs is 3. The van der Waals surface area contributed by atoms with Crippen LogP contribution < -0.4 is 19.7 Å². The summed E-state index contributed by atoms with van der Waals surface area (Å²) in [6.07, 6.45) is 1.21. The molecule has 0 aliphatic carbocycles. The van der Waals surface area contributed by atoms with Gasteiger partial charge < -0.3 is 29.1 Å². The molecule has 0 saturated carbocycles. The second-order valence-corrected chi connectivity index (χ2v) is 22.4. The molecule has 320 valence electrons. The Morgan fingerprint density at radius 2 is 1.63 bits per heavy atom. The lowest BCUT2D eigenvalue weighted by molar-refractivity contribution is -0.151. The average molecular weight is 852 g/mol. The third-order valence-electron chi connectivity index (χ3n) is 14.1. The number of rotatable bonds is 12. The minimum Gasteiger partial charge on any atom is -0.497 e. The van der Waals surface area contributed by atoms with Crippen molar-refractivity contribution in [1.82, 2.24) is 4.90 Å². The normalized spacial score (nSPS) is 22.7. The highest BCUT2D eigenvalue weighted by atomic mass is 28.3. The van der Waals surface area contributed by atoms with Crippen LogP contribution in [0.3, 0.4) is 0 Å². The zero-order valence-corrected chi connectivity index (χ0v) is 36.9. The van der Waals surface area contributed by atoms with Gasteiger partial charge in [0.15, 0.2) is 5.60 Å². The zero-order valence-electron chi connectivity index (χ0n) is 35.9. The minimum atomic E-state index is -2.63. The fourth-order valence-electron chi connectivity index (χ4n) is 11.0. The number of hydrogen-bond donors (Lipinski definition) is 1. The average Bonchev–Trinajstić information content (AvgIpc) is 3.84. The Hall–Kier alpha value is -5.82. The third-order valence-corrected chi connectivity index (χ3v) is 18.5. The summed E-state index contributed by atoms with van der Waals surface area (Å²) in [6.45, 7) is 7.20. The van der Waals surface area contributed by atoms with Crippen molar-refractivity contribution >= 4 is 64.8 Å². The molecule has 4 aliphatic rings. The van der Waals surface area contributed by atoms with E-state index in [4.69, 9.17) is 14.2 Å². The molecule has 0 radical (unpaired) electrons. The van der Waals surface area contributed by atoms with Crippen LogP contribution in [0.15, 0.2) is 103 Å². The topological polar surface area (TPSA) is 126 Å². The molecule has 5 aromatic carbocycles. The maximum atomic E-state index is 15.6. The molecule has 12 heteroatoms. The van der Waals surface area contributed by atoms with Crippen molar-refractivity contribution in [3.63, 3.8) is 0 Å². The van der Waals surface area contributed by atoms with Crippen LogP contribution in [0.5, 0.6) is 5.75 Å². The fourth-order valence-corrected chi connectivity index (χ4v) is 15.0. The number of carbonyl (C=O) groups is 4. The molecule has 4 heterocycles. The quantitative estimate of drug-likeness (QED) is 0.0784. The number of aliphatic hydroxyl groups is 1. The largest absolute Gasteiger partial charge is 0.497 e. The molecule has 0 unspecified atom stereocenters. The van der Waals surface area contributed by atoms with Crippen LogP contribution in [-0.4, -0.2) is 81.3 Å². The Morgan fingerprint density at radius 3 is 2.35 bits per heavy atom. The van der Waals surface area contributed by atoms with E-state index in [0.29, 0.717) is 54.9 Å². The van der Waals surface area contributed by atoms with Gasteiger partial charge in [-0.05, 0) is 83.8 Å². The molecule has 9 rings (SSSR count). The van der Waals surface area contributed by atoms with Crippen molar-refractivity contribution in [3.8, 4) is 5.75 Å². The molecule has 1 fully saturated rings. The molecule has 1 N–H and O–H groups in total. The SMILES string of the molecule is COC(=O)CCCCN1C(=O)[C@]2(O[C@H](CC(=O)N3Cc4ccccc4C[C@H]3CO)[C@@H]([Si](C)(C)c3ccc(OC)cc3)[C@@H]2C)c2cc(N3C(=O)c4cccc5cccc3c45)ccc21. The van der Waals surface area contributed by atoms with Crippen molar-refractivity contribution in [2.75, 3.05) is 37.2 Å². The number of hydrogen-bond acceptors (Lipinski definition) is 8. The Labute approximate surface area is 363 Å². The number of unbranched alkanes of at least 4 members (excludes halogenated alkanes) is 1. The van der Waals surface area contributed by atoms with Gasteiger partial charge in [-0.1, -0.05) is 85.9 Å². The fraction of sp³-hybridized carbons (Fsp3) is 0.360. The van der Waals surface area contributed by atoms with E-state index in [2.05, 4.69) is 38.2 Å². The van der Waals surface area contributed by atoms with Gasteiger partial charge in [-0.25, -0.2) is 0 Å². The summed E-state index contributed by atoms with van der Waals surface area (Å²) < 4.78 is 17.8. The van der Waals surface area contributed by atoms with Crippen LogP contribution >= 0.6 is 0 Å². The van der Waals surface area contributed by atoms with Crippen molar-refractivity contribution in [2.45, 2.75) is 82.0 Å². The van der Waals surface area contributed by atoms with Gasteiger partial charge in [0.2, 0.25) is 5.91 Å². The first kappa shape index (κ1) is 41.5. The summed E-state index contributed by atoms with van der Waals surface area (Å²) in [5.41, 5.74) is 3.82. The van der Waals surface area contributed by atoms with E-state index in [1.165, 1.54) is 7.11 Å². The highest BCUT2D eigenvalue weighted by Crippen LogP contribution is 2.61. The Morgan fingerprint density at radius 1 is 0.887 bits per heavy atom. The van der Waals surface area contributed by atoms with Crippen molar-refractivity contribution < 1.29 is 38.5 Å². The summed E-state index contributed by atoms with van der Waals surface area (Å²) in [5, 5.41) is 13.6. The lowest BCUT2D eigenvalue weighted by Gasteiger charge is -2.39. The molecule has 1 spiro atoms. The third kappa shape index (κ3) is 6.62. The Bertz CT molecular complexity index is 2590. The molecule has 1 saturated heterocycles. The van der Waals surface area contributed by atoms with E-state index in [1.54, 1.807) is 21.8 Å². The Kier molecular flexibility index (Phi) is 10.8. The number of carbonyl (C=O) groups excluding carboxylic acids is 4. The van der Waals surface area contributed by atoms with Crippen LogP contribution in [0, 0.1) is 5.92 Å². The summed E-state index contributed by atoms with van der Waals surface area (Å²) in [7, 11) is 0.376. The minimum absolute atomic E-state index is 0.0192. The van der Waals surface area contributed by atoms with E-state index in [-0.39, 0.29) is 54.7 Å². The van der Waals surface area contributed by atoms with Crippen LogP contribution in [0.25, 0.3) is 10.8 Å². The molecule has 4 aliphatic heterocycles. The van der Waals surface area contributed by atoms with Gasteiger partial charge in [0.1, 0.15) is 5.75 Å². The van der Waals surface area contributed by atoms with Crippen molar-refractivity contribution in [2.24, 2.45) is 5.92 Å². The molecule has 5 atom stereocenters. The number of ether oxygens (including phenoxy) is 3. The predicted molar refractivity (Wildman–Crippen MR) is 241 cm³/mol. The summed E-state index contributed by atoms with van der Waals surface area (Å²) >= 11 is 0. The van der Waals surface area contributed by atoms with E-state index < -0.39 is 25.7 Å². The monoisotopic (exact) mass is 851 g/mol. The summed E-state index contributed by atoms with van der Waals surface area (Å²) in [6, 6.07) is 33.2. The molecular weight excluding hydrogens is 799 g/mol. The number of amides is 3.